The van der Waals surface area contributed by atoms with Crippen LogP contribution in [-0.2, 0) is 13.0 Å². The summed E-state index contributed by atoms with van der Waals surface area (Å²) >= 11 is 0. The topological polar surface area (TPSA) is 51.0 Å². The van der Waals surface area contributed by atoms with Crippen LogP contribution < -0.4 is 0 Å². The second-order valence-electron chi connectivity index (χ2n) is 7.76. The molecule has 1 aliphatic carbocycles. The van der Waals surface area contributed by atoms with Crippen molar-refractivity contribution in [3.05, 3.63) is 65.9 Å². The van der Waals surface area contributed by atoms with E-state index < -0.39 is 0 Å². The Morgan fingerprint density at radius 2 is 1.93 bits per heavy atom. The first-order chi connectivity index (χ1) is 13.8. The van der Waals surface area contributed by atoms with Crippen LogP contribution >= 0.6 is 0 Å². The second kappa shape index (κ2) is 7.32. The van der Waals surface area contributed by atoms with Crippen molar-refractivity contribution in [2.45, 2.75) is 38.6 Å². The highest BCUT2D eigenvalue weighted by Gasteiger charge is 2.21. The summed E-state index contributed by atoms with van der Waals surface area (Å²) in [6.45, 7) is 3.12. The Bertz CT molecular complexity index is 1000. The van der Waals surface area contributed by atoms with Crippen LogP contribution in [0.5, 0.6) is 0 Å². The lowest BCUT2D eigenvalue weighted by atomic mass is 10.0. The molecular formula is C23H24N4O. The van der Waals surface area contributed by atoms with Gasteiger partial charge in [0.1, 0.15) is 5.82 Å². The van der Waals surface area contributed by atoms with Gasteiger partial charge < -0.3 is 4.57 Å². The Hall–Kier alpha value is -2.79. The van der Waals surface area contributed by atoms with E-state index in [2.05, 4.69) is 32.8 Å². The maximum absolute atomic E-state index is 11.9. The quantitative estimate of drug-likeness (QED) is 0.693. The van der Waals surface area contributed by atoms with E-state index in [1.807, 2.05) is 24.4 Å². The fraction of sp³-hybridized carbons (Fsp3) is 0.348. The first-order valence-electron chi connectivity index (χ1n) is 10.2. The SMILES string of the molecule is O=C1CCc2cc(-c3cn(-c4cccnc4)c(CN4CCCCC4)n3)ccc21. The molecule has 0 radical (unpaired) electrons. The van der Waals surface area contributed by atoms with Crippen molar-refractivity contribution in [1.29, 1.82) is 0 Å². The highest BCUT2D eigenvalue weighted by molar-refractivity contribution is 6.00. The molecule has 1 saturated heterocycles. The number of ketones is 1. The first-order valence-corrected chi connectivity index (χ1v) is 10.2. The summed E-state index contributed by atoms with van der Waals surface area (Å²) in [6.07, 6.45) is 11.1. The van der Waals surface area contributed by atoms with Crippen molar-refractivity contribution < 1.29 is 4.79 Å². The number of hydrogen-bond acceptors (Lipinski definition) is 4. The summed E-state index contributed by atoms with van der Waals surface area (Å²) in [4.78, 5) is 23.7. The number of hydrogen-bond donors (Lipinski definition) is 0. The number of aryl methyl sites for hydroxylation is 1. The zero-order valence-corrected chi connectivity index (χ0v) is 16.0. The zero-order valence-electron chi connectivity index (χ0n) is 16.0. The Morgan fingerprint density at radius 3 is 2.75 bits per heavy atom. The van der Waals surface area contributed by atoms with Crippen molar-refractivity contribution in [3.63, 3.8) is 0 Å². The Balaban J connectivity index is 1.53. The zero-order chi connectivity index (χ0) is 18.9. The van der Waals surface area contributed by atoms with Gasteiger partial charge in [0.2, 0.25) is 0 Å². The van der Waals surface area contributed by atoms with Gasteiger partial charge in [0.05, 0.1) is 24.1 Å². The van der Waals surface area contributed by atoms with Crippen molar-refractivity contribution in [2.24, 2.45) is 0 Å². The third kappa shape index (κ3) is 3.27. The molecule has 2 aromatic heterocycles. The van der Waals surface area contributed by atoms with Crippen LogP contribution in [0.1, 0.15) is 47.4 Å². The van der Waals surface area contributed by atoms with Crippen molar-refractivity contribution in [1.82, 2.24) is 19.4 Å². The van der Waals surface area contributed by atoms with Gasteiger partial charge in [-0.3, -0.25) is 14.7 Å². The van der Waals surface area contributed by atoms with E-state index in [4.69, 9.17) is 4.98 Å². The van der Waals surface area contributed by atoms with Crippen LogP contribution in [0.4, 0.5) is 0 Å². The smallest absolute Gasteiger partial charge is 0.163 e. The number of benzene rings is 1. The number of imidazole rings is 1. The molecule has 0 N–H and O–H groups in total. The number of nitrogens with zero attached hydrogens (tertiary/aromatic N) is 4. The normalized spacial score (nSPS) is 17.1. The minimum absolute atomic E-state index is 0.258. The van der Waals surface area contributed by atoms with Crippen LogP contribution in [-0.4, -0.2) is 38.3 Å². The molecule has 1 aromatic carbocycles. The third-order valence-corrected chi connectivity index (χ3v) is 5.84. The lowest BCUT2D eigenvalue weighted by Crippen LogP contribution is -2.30. The van der Waals surface area contributed by atoms with E-state index >= 15 is 0 Å². The summed E-state index contributed by atoms with van der Waals surface area (Å²) in [5.74, 6) is 1.30. The fourth-order valence-electron chi connectivity index (χ4n) is 4.32. The molecule has 0 bridgehead atoms. The van der Waals surface area contributed by atoms with Gasteiger partial charge in [-0.25, -0.2) is 4.98 Å². The average Bonchev–Trinajstić information content (AvgIpc) is 3.33. The predicted octanol–water partition coefficient (Wildman–Crippen LogP) is 4.05. The van der Waals surface area contributed by atoms with Gasteiger partial charge in [0.25, 0.3) is 0 Å². The molecular weight excluding hydrogens is 348 g/mol. The lowest BCUT2D eigenvalue weighted by molar-refractivity contribution is 0.0994. The summed E-state index contributed by atoms with van der Waals surface area (Å²) in [7, 11) is 0. The van der Waals surface area contributed by atoms with Crippen molar-refractivity contribution in [2.75, 3.05) is 13.1 Å². The molecule has 5 heteroatoms. The number of aromatic nitrogens is 3. The lowest BCUT2D eigenvalue weighted by Gasteiger charge is -2.26. The Kier molecular flexibility index (Phi) is 4.53. The van der Waals surface area contributed by atoms with Gasteiger partial charge in [-0.05, 0) is 56.1 Å². The number of piperidine rings is 1. The second-order valence-corrected chi connectivity index (χ2v) is 7.76. The number of pyridine rings is 1. The number of carbonyl (C=O) groups excluding carboxylic acids is 1. The van der Waals surface area contributed by atoms with E-state index in [-0.39, 0.29) is 5.78 Å². The molecule has 2 aliphatic rings. The molecule has 5 nitrogen and oxygen atoms in total. The number of fused-ring (bicyclic) bond motifs is 1. The Labute approximate surface area is 165 Å². The van der Waals surface area contributed by atoms with Gasteiger partial charge in [-0.1, -0.05) is 18.6 Å². The molecule has 3 heterocycles. The summed E-state index contributed by atoms with van der Waals surface area (Å²) in [5, 5.41) is 0. The first kappa shape index (κ1) is 17.3. The molecule has 0 atom stereocenters. The molecule has 1 fully saturated rings. The monoisotopic (exact) mass is 372 g/mol. The van der Waals surface area contributed by atoms with Crippen LogP contribution in [0.3, 0.4) is 0 Å². The molecule has 5 rings (SSSR count). The average molecular weight is 372 g/mol. The standard InChI is InChI=1S/C23H24N4O/c28-22-9-7-17-13-18(6-8-20(17)22)21-15-27(19-5-4-10-24-14-19)23(25-21)16-26-11-2-1-3-12-26/h4-6,8,10,13-15H,1-3,7,9,11-12,16H2. The van der Waals surface area contributed by atoms with Gasteiger partial charge in [0, 0.05) is 29.9 Å². The number of rotatable bonds is 4. The molecule has 142 valence electrons. The van der Waals surface area contributed by atoms with E-state index in [9.17, 15) is 4.79 Å². The molecule has 0 amide bonds. The molecule has 0 spiro atoms. The Morgan fingerprint density at radius 1 is 1.04 bits per heavy atom. The van der Waals surface area contributed by atoms with E-state index in [0.717, 1.165) is 60.0 Å². The largest absolute Gasteiger partial charge is 0.300 e. The summed E-state index contributed by atoms with van der Waals surface area (Å²) in [5.41, 5.74) is 5.10. The van der Waals surface area contributed by atoms with Crippen LogP contribution in [0.2, 0.25) is 0 Å². The molecule has 3 aromatic rings. The summed E-state index contributed by atoms with van der Waals surface area (Å²) in [6, 6.07) is 10.2. The molecule has 1 aliphatic heterocycles. The van der Waals surface area contributed by atoms with Crippen LogP contribution in [0.15, 0.2) is 48.9 Å². The maximum Gasteiger partial charge on any atom is 0.163 e. The highest BCUT2D eigenvalue weighted by atomic mass is 16.1. The van der Waals surface area contributed by atoms with E-state index in [0.29, 0.717) is 6.42 Å². The van der Waals surface area contributed by atoms with Gasteiger partial charge in [-0.2, -0.15) is 0 Å². The predicted molar refractivity (Wildman–Crippen MR) is 109 cm³/mol. The molecule has 0 unspecified atom stereocenters. The fourth-order valence-corrected chi connectivity index (χ4v) is 4.32. The molecule has 28 heavy (non-hydrogen) atoms. The minimum atomic E-state index is 0.258. The van der Waals surface area contributed by atoms with E-state index in [1.165, 1.54) is 19.3 Å². The van der Waals surface area contributed by atoms with Gasteiger partial charge in [0.15, 0.2) is 5.78 Å². The van der Waals surface area contributed by atoms with Gasteiger partial charge >= 0.3 is 0 Å². The minimum Gasteiger partial charge on any atom is -0.300 e. The van der Waals surface area contributed by atoms with Gasteiger partial charge in [-0.15, -0.1) is 0 Å². The molecule has 0 saturated carbocycles. The maximum atomic E-state index is 11.9. The summed E-state index contributed by atoms with van der Waals surface area (Å²) < 4.78 is 2.16. The number of Topliss-reactive ketones (excluding diaryl/α,β-unsaturated/α-hetero) is 1. The van der Waals surface area contributed by atoms with Crippen LogP contribution in [0, 0.1) is 0 Å². The van der Waals surface area contributed by atoms with Crippen molar-refractivity contribution >= 4 is 5.78 Å². The van der Waals surface area contributed by atoms with Crippen LogP contribution in [0.25, 0.3) is 16.9 Å². The number of carbonyl (C=O) groups is 1. The number of likely N-dealkylation sites (tertiary alicyclic amines) is 1. The van der Waals surface area contributed by atoms with E-state index in [1.54, 1.807) is 6.20 Å². The highest BCUT2D eigenvalue weighted by Crippen LogP contribution is 2.29. The van der Waals surface area contributed by atoms with Crippen molar-refractivity contribution in [3.8, 4) is 16.9 Å². The third-order valence-electron chi connectivity index (χ3n) is 5.84.